The van der Waals surface area contributed by atoms with Crippen LogP contribution in [0.4, 0.5) is 5.69 Å². The van der Waals surface area contributed by atoms with Gasteiger partial charge < -0.3 is 10.0 Å². The van der Waals surface area contributed by atoms with Gasteiger partial charge in [-0.15, -0.1) is 0 Å². The molecular weight excluding hydrogens is 232 g/mol. The molecule has 5 heteroatoms. The van der Waals surface area contributed by atoms with E-state index in [0.717, 1.165) is 0 Å². The lowest BCUT2D eigenvalue weighted by atomic mass is 9.80. The lowest BCUT2D eigenvalue weighted by molar-refractivity contribution is -0.150. The van der Waals surface area contributed by atoms with Gasteiger partial charge in [-0.05, 0) is 17.5 Å². The molecule has 0 aromatic carbocycles. The van der Waals surface area contributed by atoms with Crippen LogP contribution in [0.3, 0.4) is 0 Å². The summed E-state index contributed by atoms with van der Waals surface area (Å²) in [5, 5.41) is 9.22. The summed E-state index contributed by atoms with van der Waals surface area (Å²) in [6.45, 7) is 5.22. The van der Waals surface area contributed by atoms with E-state index in [4.69, 9.17) is 0 Å². The van der Waals surface area contributed by atoms with Crippen molar-refractivity contribution in [3.8, 4) is 0 Å². The second kappa shape index (κ2) is 5.16. The van der Waals surface area contributed by atoms with E-state index in [9.17, 15) is 14.7 Å². The Balaban J connectivity index is 3.02. The van der Waals surface area contributed by atoms with Crippen molar-refractivity contribution >= 4 is 17.6 Å². The summed E-state index contributed by atoms with van der Waals surface area (Å²) in [7, 11) is 1.57. The first kappa shape index (κ1) is 14.2. The van der Waals surface area contributed by atoms with E-state index in [1.54, 1.807) is 52.3 Å². The maximum atomic E-state index is 12.3. The van der Waals surface area contributed by atoms with Gasteiger partial charge in [-0.3, -0.25) is 14.6 Å². The standard InChI is InChI=1S/C13H18N2O3/c1-13(2,3)10(12(17)18)11(16)15(4)9-5-7-14-8-6-9/h5-8,10H,1-4H3,(H,17,18). The molecule has 0 saturated heterocycles. The molecule has 0 aliphatic rings. The molecule has 1 heterocycles. The zero-order valence-corrected chi connectivity index (χ0v) is 11.0. The summed E-state index contributed by atoms with van der Waals surface area (Å²) in [6, 6.07) is 3.33. The van der Waals surface area contributed by atoms with E-state index >= 15 is 0 Å². The predicted octanol–water partition coefficient (Wildman–Crippen LogP) is 1.79. The normalized spacial score (nSPS) is 12.9. The van der Waals surface area contributed by atoms with E-state index in [-0.39, 0.29) is 0 Å². The highest BCUT2D eigenvalue weighted by Crippen LogP contribution is 2.29. The van der Waals surface area contributed by atoms with Gasteiger partial charge in [0.25, 0.3) is 0 Å². The lowest BCUT2D eigenvalue weighted by Crippen LogP contribution is -2.43. The number of hydrogen-bond acceptors (Lipinski definition) is 3. The average Bonchev–Trinajstić information content (AvgIpc) is 2.26. The van der Waals surface area contributed by atoms with Crippen molar-refractivity contribution in [2.24, 2.45) is 11.3 Å². The van der Waals surface area contributed by atoms with Crippen molar-refractivity contribution in [1.29, 1.82) is 0 Å². The molecule has 0 bridgehead atoms. The SMILES string of the molecule is CN(C(=O)C(C(=O)O)C(C)(C)C)c1ccncc1. The van der Waals surface area contributed by atoms with Gasteiger partial charge in [0.15, 0.2) is 0 Å². The van der Waals surface area contributed by atoms with Gasteiger partial charge in [0.05, 0.1) is 0 Å². The Kier molecular flexibility index (Phi) is 4.06. The number of anilines is 1. The number of aliphatic carboxylic acids is 1. The number of amides is 1. The van der Waals surface area contributed by atoms with Crippen LogP contribution in [-0.2, 0) is 9.59 Å². The molecule has 0 saturated carbocycles. The van der Waals surface area contributed by atoms with Crippen LogP contribution >= 0.6 is 0 Å². The Morgan fingerprint density at radius 1 is 1.28 bits per heavy atom. The number of carbonyl (C=O) groups excluding carboxylic acids is 1. The number of rotatable bonds is 3. The van der Waals surface area contributed by atoms with Crippen molar-refractivity contribution in [3.63, 3.8) is 0 Å². The van der Waals surface area contributed by atoms with Gasteiger partial charge >= 0.3 is 5.97 Å². The number of carbonyl (C=O) groups is 2. The van der Waals surface area contributed by atoms with Crippen molar-refractivity contribution < 1.29 is 14.7 Å². The van der Waals surface area contributed by atoms with Gasteiger partial charge in [-0.25, -0.2) is 0 Å². The molecule has 0 aliphatic heterocycles. The third-order valence-electron chi connectivity index (χ3n) is 2.74. The Hall–Kier alpha value is -1.91. The summed E-state index contributed by atoms with van der Waals surface area (Å²) in [5.74, 6) is -2.61. The van der Waals surface area contributed by atoms with E-state index in [0.29, 0.717) is 5.69 Å². The molecule has 1 unspecified atom stereocenters. The monoisotopic (exact) mass is 250 g/mol. The third-order valence-corrected chi connectivity index (χ3v) is 2.74. The van der Waals surface area contributed by atoms with E-state index in [1.165, 1.54) is 4.90 Å². The first-order valence-electron chi connectivity index (χ1n) is 5.65. The first-order chi connectivity index (χ1) is 8.25. The van der Waals surface area contributed by atoms with Crippen LogP contribution < -0.4 is 4.90 Å². The molecule has 5 nitrogen and oxygen atoms in total. The van der Waals surface area contributed by atoms with Gasteiger partial charge in [0.1, 0.15) is 5.92 Å². The van der Waals surface area contributed by atoms with Crippen LogP contribution in [0.15, 0.2) is 24.5 Å². The second-order valence-corrected chi connectivity index (χ2v) is 5.24. The van der Waals surface area contributed by atoms with Crippen molar-refractivity contribution in [2.75, 3.05) is 11.9 Å². The average molecular weight is 250 g/mol. The van der Waals surface area contributed by atoms with Gasteiger partial charge in [-0.1, -0.05) is 20.8 Å². The highest BCUT2D eigenvalue weighted by Gasteiger charge is 2.39. The molecular formula is C13H18N2O3. The molecule has 0 fully saturated rings. The third kappa shape index (κ3) is 3.06. The minimum absolute atomic E-state index is 0.429. The summed E-state index contributed by atoms with van der Waals surface area (Å²) in [5.41, 5.74) is -0.00462. The fourth-order valence-corrected chi connectivity index (χ4v) is 1.74. The fourth-order valence-electron chi connectivity index (χ4n) is 1.74. The molecule has 0 radical (unpaired) electrons. The molecule has 18 heavy (non-hydrogen) atoms. The van der Waals surface area contributed by atoms with Gasteiger partial charge in [-0.2, -0.15) is 0 Å². The van der Waals surface area contributed by atoms with E-state index in [2.05, 4.69) is 4.98 Å². The van der Waals surface area contributed by atoms with Crippen molar-refractivity contribution in [2.45, 2.75) is 20.8 Å². The minimum atomic E-state index is -1.10. The summed E-state index contributed by atoms with van der Waals surface area (Å²) in [4.78, 5) is 28.7. The Morgan fingerprint density at radius 2 is 1.78 bits per heavy atom. The van der Waals surface area contributed by atoms with Crippen LogP contribution in [0.2, 0.25) is 0 Å². The van der Waals surface area contributed by atoms with E-state index < -0.39 is 23.2 Å². The zero-order valence-electron chi connectivity index (χ0n) is 11.0. The van der Waals surface area contributed by atoms with Crippen LogP contribution in [0.1, 0.15) is 20.8 Å². The second-order valence-electron chi connectivity index (χ2n) is 5.24. The van der Waals surface area contributed by atoms with Crippen LogP contribution in [0, 0.1) is 11.3 Å². The zero-order chi connectivity index (χ0) is 13.9. The predicted molar refractivity (Wildman–Crippen MR) is 68.2 cm³/mol. The van der Waals surface area contributed by atoms with Gasteiger partial charge in [0, 0.05) is 25.1 Å². The molecule has 0 spiro atoms. The molecule has 1 N–H and O–H groups in total. The fraction of sp³-hybridized carbons (Fsp3) is 0.462. The molecule has 1 aromatic rings. The largest absolute Gasteiger partial charge is 0.481 e. The molecule has 98 valence electrons. The lowest BCUT2D eigenvalue weighted by Gasteiger charge is -2.29. The number of nitrogens with zero attached hydrogens (tertiary/aromatic N) is 2. The number of aromatic nitrogens is 1. The summed E-state index contributed by atoms with van der Waals surface area (Å²) < 4.78 is 0. The van der Waals surface area contributed by atoms with Crippen molar-refractivity contribution in [3.05, 3.63) is 24.5 Å². The highest BCUT2D eigenvalue weighted by molar-refractivity contribution is 6.05. The van der Waals surface area contributed by atoms with Crippen LogP contribution in [0.25, 0.3) is 0 Å². The quantitative estimate of drug-likeness (QED) is 0.830. The summed E-state index contributed by atoms with van der Waals surface area (Å²) >= 11 is 0. The van der Waals surface area contributed by atoms with Crippen LogP contribution in [0.5, 0.6) is 0 Å². The number of hydrogen-bond donors (Lipinski definition) is 1. The molecule has 1 amide bonds. The highest BCUT2D eigenvalue weighted by atomic mass is 16.4. The maximum Gasteiger partial charge on any atom is 0.316 e. The minimum Gasteiger partial charge on any atom is -0.481 e. The Bertz CT molecular complexity index is 437. The molecule has 1 aromatic heterocycles. The van der Waals surface area contributed by atoms with Gasteiger partial charge in [0.2, 0.25) is 5.91 Å². The number of carboxylic acid groups (broad SMARTS) is 1. The molecule has 0 aliphatic carbocycles. The molecule has 1 atom stereocenters. The molecule has 1 rings (SSSR count). The topological polar surface area (TPSA) is 70.5 Å². The maximum absolute atomic E-state index is 12.3. The Morgan fingerprint density at radius 3 is 2.17 bits per heavy atom. The van der Waals surface area contributed by atoms with Crippen molar-refractivity contribution in [1.82, 2.24) is 4.98 Å². The summed E-state index contributed by atoms with van der Waals surface area (Å²) in [6.07, 6.45) is 3.12. The number of carboxylic acids is 1. The first-order valence-corrected chi connectivity index (χ1v) is 5.65. The number of pyridine rings is 1. The Labute approximate surface area is 106 Å². The smallest absolute Gasteiger partial charge is 0.316 e. The van der Waals surface area contributed by atoms with Crippen LogP contribution in [-0.4, -0.2) is 29.0 Å². The van der Waals surface area contributed by atoms with E-state index in [1.807, 2.05) is 0 Å².